The number of halogens is 1. The topological polar surface area (TPSA) is 71.7 Å². The Hall–Kier alpha value is -2.21. The van der Waals surface area contributed by atoms with Gasteiger partial charge in [-0.3, -0.25) is 0 Å². The fraction of sp³-hybridized carbons (Fsp3) is 0.455. The van der Waals surface area contributed by atoms with Crippen LogP contribution < -0.4 is 15.4 Å². The van der Waals surface area contributed by atoms with Crippen LogP contribution in [0.3, 0.4) is 0 Å². The van der Waals surface area contributed by atoms with E-state index >= 15 is 0 Å². The van der Waals surface area contributed by atoms with E-state index in [9.17, 15) is 0 Å². The number of hydrogen-bond acceptors (Lipinski definition) is 4. The van der Waals surface area contributed by atoms with Crippen molar-refractivity contribution in [1.29, 1.82) is 0 Å². The third-order valence-corrected chi connectivity index (χ3v) is 4.30. The van der Waals surface area contributed by atoms with Crippen molar-refractivity contribution in [3.05, 3.63) is 46.8 Å². The molecular formula is C22H31IN4O2. The molecule has 0 aliphatic heterocycles. The van der Waals surface area contributed by atoms with Gasteiger partial charge >= 0.3 is 0 Å². The molecule has 2 N–H and O–H groups in total. The van der Waals surface area contributed by atoms with Crippen LogP contribution in [-0.2, 0) is 25.8 Å². The van der Waals surface area contributed by atoms with E-state index in [1.54, 1.807) is 0 Å². The van der Waals surface area contributed by atoms with Crippen LogP contribution in [0.4, 0.5) is 0 Å². The lowest BCUT2D eigenvalue weighted by Crippen LogP contribution is -2.38. The van der Waals surface area contributed by atoms with Crippen molar-refractivity contribution in [2.45, 2.75) is 46.6 Å². The molecule has 7 heteroatoms. The highest BCUT2D eigenvalue weighted by Crippen LogP contribution is 2.17. The molecule has 0 spiro atoms. The van der Waals surface area contributed by atoms with Crippen LogP contribution in [0.2, 0.25) is 0 Å². The SMILES string of the molecule is C#CCOc1ccc(CCNC(=NCc2c(CC)noc2CC)NCC)cc1.I. The zero-order chi connectivity index (χ0) is 20.2. The van der Waals surface area contributed by atoms with Crippen LogP contribution >= 0.6 is 24.0 Å². The van der Waals surface area contributed by atoms with E-state index < -0.39 is 0 Å². The molecule has 1 aromatic heterocycles. The number of rotatable bonds is 10. The second-order valence-corrected chi connectivity index (χ2v) is 6.25. The van der Waals surface area contributed by atoms with Gasteiger partial charge in [0.05, 0.1) is 12.2 Å². The van der Waals surface area contributed by atoms with Gasteiger partial charge in [0.25, 0.3) is 0 Å². The number of terminal acetylenes is 1. The number of aliphatic imine (C=N–C) groups is 1. The van der Waals surface area contributed by atoms with E-state index in [0.29, 0.717) is 6.54 Å². The molecule has 0 aliphatic carbocycles. The summed E-state index contributed by atoms with van der Waals surface area (Å²) >= 11 is 0. The van der Waals surface area contributed by atoms with Crippen molar-refractivity contribution < 1.29 is 9.26 Å². The summed E-state index contributed by atoms with van der Waals surface area (Å²) < 4.78 is 10.8. The lowest BCUT2D eigenvalue weighted by molar-refractivity contribution is 0.370. The minimum atomic E-state index is 0. The molecule has 2 aromatic rings. The lowest BCUT2D eigenvalue weighted by atomic mass is 10.1. The molecule has 158 valence electrons. The number of ether oxygens (including phenoxy) is 1. The van der Waals surface area contributed by atoms with Crippen LogP contribution in [0.5, 0.6) is 5.75 Å². The number of aromatic nitrogens is 1. The molecule has 0 amide bonds. The molecule has 0 radical (unpaired) electrons. The van der Waals surface area contributed by atoms with Crippen molar-refractivity contribution in [2.24, 2.45) is 4.99 Å². The molecule has 0 unspecified atom stereocenters. The van der Waals surface area contributed by atoms with Crippen molar-refractivity contribution in [3.63, 3.8) is 0 Å². The normalized spacial score (nSPS) is 10.8. The largest absolute Gasteiger partial charge is 0.481 e. The Balaban J connectivity index is 0.00000420. The van der Waals surface area contributed by atoms with E-state index in [4.69, 9.17) is 20.7 Å². The maximum atomic E-state index is 5.42. The molecule has 0 fully saturated rings. The molecule has 0 atom stereocenters. The van der Waals surface area contributed by atoms with Crippen LogP contribution in [-0.4, -0.2) is 30.8 Å². The van der Waals surface area contributed by atoms with Gasteiger partial charge < -0.3 is 19.9 Å². The first kappa shape index (κ1) is 24.8. The fourth-order valence-electron chi connectivity index (χ4n) is 2.82. The molecular weight excluding hydrogens is 479 g/mol. The molecule has 0 saturated carbocycles. The molecule has 0 aliphatic rings. The Bertz CT molecular complexity index is 773. The number of hydrogen-bond donors (Lipinski definition) is 2. The van der Waals surface area contributed by atoms with E-state index in [1.165, 1.54) is 5.56 Å². The van der Waals surface area contributed by atoms with Crippen LogP contribution in [0.15, 0.2) is 33.8 Å². The van der Waals surface area contributed by atoms with Crippen molar-refractivity contribution >= 4 is 29.9 Å². The second kappa shape index (κ2) is 13.9. The summed E-state index contributed by atoms with van der Waals surface area (Å²) in [5.41, 5.74) is 3.31. The standard InChI is InChI=1S/C22H30N4O2.HI/c1-5-15-27-18-11-9-17(10-12-18)13-14-24-22(23-8-4)25-16-19-20(6-2)26-28-21(19)7-3;/h1,9-12H,6-8,13-16H2,2-4H3,(H2,23,24,25);1H. The summed E-state index contributed by atoms with van der Waals surface area (Å²) in [6.45, 7) is 8.64. The smallest absolute Gasteiger partial charge is 0.191 e. The molecule has 0 saturated heterocycles. The predicted molar refractivity (Wildman–Crippen MR) is 128 cm³/mol. The third kappa shape index (κ3) is 7.97. The summed E-state index contributed by atoms with van der Waals surface area (Å²) in [6, 6.07) is 7.98. The summed E-state index contributed by atoms with van der Waals surface area (Å²) in [5.74, 6) is 4.97. The molecule has 0 bridgehead atoms. The van der Waals surface area contributed by atoms with Crippen LogP contribution in [0, 0.1) is 12.3 Å². The quantitative estimate of drug-likeness (QED) is 0.221. The van der Waals surface area contributed by atoms with Crippen molar-refractivity contribution in [2.75, 3.05) is 19.7 Å². The highest BCUT2D eigenvalue weighted by Gasteiger charge is 2.13. The monoisotopic (exact) mass is 510 g/mol. The minimum absolute atomic E-state index is 0. The van der Waals surface area contributed by atoms with Crippen LogP contribution in [0.1, 0.15) is 43.4 Å². The Kier molecular flexibility index (Phi) is 11.9. The minimum Gasteiger partial charge on any atom is -0.481 e. The molecule has 1 aromatic carbocycles. The van der Waals surface area contributed by atoms with Gasteiger partial charge in [-0.2, -0.15) is 0 Å². The number of nitrogens with zero attached hydrogens (tertiary/aromatic N) is 2. The van der Waals surface area contributed by atoms with E-state index in [-0.39, 0.29) is 30.6 Å². The zero-order valence-corrected chi connectivity index (χ0v) is 19.8. The number of aryl methyl sites for hydroxylation is 2. The zero-order valence-electron chi connectivity index (χ0n) is 17.5. The molecule has 29 heavy (non-hydrogen) atoms. The second-order valence-electron chi connectivity index (χ2n) is 6.25. The Labute approximate surface area is 190 Å². The predicted octanol–water partition coefficient (Wildman–Crippen LogP) is 3.73. The maximum absolute atomic E-state index is 5.42. The number of benzene rings is 1. The first-order valence-corrected chi connectivity index (χ1v) is 9.85. The molecule has 6 nitrogen and oxygen atoms in total. The Morgan fingerprint density at radius 2 is 1.93 bits per heavy atom. The van der Waals surface area contributed by atoms with Gasteiger partial charge in [-0.15, -0.1) is 30.4 Å². The van der Waals surface area contributed by atoms with Gasteiger partial charge in [0.1, 0.15) is 18.1 Å². The summed E-state index contributed by atoms with van der Waals surface area (Å²) in [7, 11) is 0. The van der Waals surface area contributed by atoms with Gasteiger partial charge in [-0.25, -0.2) is 4.99 Å². The highest BCUT2D eigenvalue weighted by atomic mass is 127. The summed E-state index contributed by atoms with van der Waals surface area (Å²) in [6.07, 6.45) is 7.76. The number of nitrogens with one attached hydrogen (secondary N) is 2. The fourth-order valence-corrected chi connectivity index (χ4v) is 2.82. The number of guanidine groups is 1. The van der Waals surface area contributed by atoms with Gasteiger partial charge in [0, 0.05) is 25.1 Å². The van der Waals surface area contributed by atoms with Crippen molar-refractivity contribution in [3.8, 4) is 18.1 Å². The van der Waals surface area contributed by atoms with Crippen LogP contribution in [0.25, 0.3) is 0 Å². The van der Waals surface area contributed by atoms with Gasteiger partial charge in [-0.1, -0.05) is 37.1 Å². The average Bonchev–Trinajstić information content (AvgIpc) is 3.13. The first-order valence-electron chi connectivity index (χ1n) is 9.85. The Morgan fingerprint density at radius 1 is 1.17 bits per heavy atom. The van der Waals surface area contributed by atoms with Crippen molar-refractivity contribution in [1.82, 2.24) is 15.8 Å². The molecule has 1 heterocycles. The van der Waals surface area contributed by atoms with E-state index in [1.807, 2.05) is 12.1 Å². The summed E-state index contributed by atoms with van der Waals surface area (Å²) in [4.78, 5) is 4.71. The highest BCUT2D eigenvalue weighted by molar-refractivity contribution is 14.0. The average molecular weight is 510 g/mol. The molecule has 2 rings (SSSR count). The summed E-state index contributed by atoms with van der Waals surface area (Å²) in [5, 5.41) is 10.8. The lowest BCUT2D eigenvalue weighted by Gasteiger charge is -2.12. The van der Waals surface area contributed by atoms with Gasteiger partial charge in [-0.05, 0) is 37.5 Å². The maximum Gasteiger partial charge on any atom is 0.191 e. The Morgan fingerprint density at radius 3 is 2.55 bits per heavy atom. The van der Waals surface area contributed by atoms with E-state index in [2.05, 4.69) is 54.6 Å². The third-order valence-electron chi connectivity index (χ3n) is 4.30. The first-order chi connectivity index (χ1) is 13.7. The van der Waals surface area contributed by atoms with Gasteiger partial charge in [0.15, 0.2) is 5.96 Å². The van der Waals surface area contributed by atoms with Gasteiger partial charge in [0.2, 0.25) is 0 Å². The van der Waals surface area contributed by atoms with E-state index in [0.717, 1.165) is 61.1 Å².